The van der Waals surface area contributed by atoms with E-state index in [1.54, 1.807) is 12.3 Å². The Kier molecular flexibility index (Phi) is 2.92. The van der Waals surface area contributed by atoms with Crippen LogP contribution in [-0.4, -0.2) is 16.1 Å². The fraction of sp³-hybridized carbons (Fsp3) is 0.167. The van der Waals surface area contributed by atoms with Crippen LogP contribution in [0.15, 0.2) is 28.9 Å². The van der Waals surface area contributed by atoms with E-state index >= 15 is 0 Å². The molecule has 0 radical (unpaired) electrons. The first-order chi connectivity index (χ1) is 7.63. The molecule has 0 aliphatic rings. The van der Waals surface area contributed by atoms with Crippen LogP contribution < -0.4 is 0 Å². The minimum Gasteiger partial charge on any atom is -0.478 e. The van der Waals surface area contributed by atoms with E-state index in [4.69, 9.17) is 0 Å². The zero-order valence-corrected chi connectivity index (χ0v) is 10.3. The van der Waals surface area contributed by atoms with Gasteiger partial charge >= 0.3 is 5.97 Å². The first-order valence-electron chi connectivity index (χ1n) is 4.94. The smallest absolute Gasteiger partial charge is 0.336 e. The highest BCUT2D eigenvalue weighted by Crippen LogP contribution is 2.24. The van der Waals surface area contributed by atoms with Crippen molar-refractivity contribution >= 4 is 32.8 Å². The Morgan fingerprint density at radius 3 is 2.88 bits per heavy atom. The maximum absolute atomic E-state index is 11.2. The second kappa shape index (κ2) is 4.22. The molecule has 0 bridgehead atoms. The lowest BCUT2D eigenvalue weighted by Crippen LogP contribution is -2.04. The summed E-state index contributed by atoms with van der Waals surface area (Å²) in [4.78, 5) is 15.5. The molecule has 2 rings (SSSR count). The lowest BCUT2D eigenvalue weighted by molar-refractivity contribution is 0.0698. The molecule has 4 heteroatoms. The molecule has 82 valence electrons. The standard InChI is InChI=1S/C12H10BrNO2/c1-2-7-6-14-10-5-8(13)3-4-9(10)11(7)12(15)16/h3-6H,2H2,1H3,(H,15,16). The van der Waals surface area contributed by atoms with E-state index in [2.05, 4.69) is 20.9 Å². The van der Waals surface area contributed by atoms with Crippen molar-refractivity contribution in [3.63, 3.8) is 0 Å². The number of hydrogen-bond donors (Lipinski definition) is 1. The molecule has 0 saturated heterocycles. The normalized spacial score (nSPS) is 10.6. The Morgan fingerprint density at radius 2 is 2.25 bits per heavy atom. The number of carboxylic acid groups (broad SMARTS) is 1. The number of carbonyl (C=O) groups is 1. The number of carboxylic acids is 1. The Labute approximate surface area is 101 Å². The molecule has 0 unspecified atom stereocenters. The van der Waals surface area contributed by atoms with Gasteiger partial charge in [0.05, 0.1) is 11.1 Å². The largest absolute Gasteiger partial charge is 0.478 e. The molecule has 16 heavy (non-hydrogen) atoms. The van der Waals surface area contributed by atoms with Crippen LogP contribution in [0.3, 0.4) is 0 Å². The van der Waals surface area contributed by atoms with Gasteiger partial charge in [-0.3, -0.25) is 4.98 Å². The molecule has 0 saturated carbocycles. The van der Waals surface area contributed by atoms with Gasteiger partial charge in [0.1, 0.15) is 0 Å². The summed E-state index contributed by atoms with van der Waals surface area (Å²) >= 11 is 3.34. The van der Waals surface area contributed by atoms with Crippen molar-refractivity contribution in [2.45, 2.75) is 13.3 Å². The molecule has 1 N–H and O–H groups in total. The highest BCUT2D eigenvalue weighted by atomic mass is 79.9. The summed E-state index contributed by atoms with van der Waals surface area (Å²) in [5, 5.41) is 9.91. The molecule has 0 aliphatic carbocycles. The van der Waals surface area contributed by atoms with Crippen molar-refractivity contribution in [1.29, 1.82) is 0 Å². The molecule has 0 spiro atoms. The van der Waals surface area contributed by atoms with Crippen LogP contribution in [0, 0.1) is 0 Å². The predicted molar refractivity (Wildman–Crippen MR) is 65.8 cm³/mol. The van der Waals surface area contributed by atoms with Gasteiger partial charge < -0.3 is 5.11 Å². The number of rotatable bonds is 2. The molecule has 1 aromatic carbocycles. The van der Waals surface area contributed by atoms with Gasteiger partial charge in [0.25, 0.3) is 0 Å². The van der Waals surface area contributed by atoms with Crippen molar-refractivity contribution in [2.24, 2.45) is 0 Å². The minimum atomic E-state index is -0.897. The molecular weight excluding hydrogens is 270 g/mol. The summed E-state index contributed by atoms with van der Waals surface area (Å²) < 4.78 is 0.896. The molecule has 0 aliphatic heterocycles. The van der Waals surface area contributed by atoms with E-state index < -0.39 is 5.97 Å². The molecule has 0 fully saturated rings. The van der Waals surface area contributed by atoms with Crippen LogP contribution in [-0.2, 0) is 6.42 Å². The van der Waals surface area contributed by atoms with Crippen LogP contribution in [0.25, 0.3) is 10.9 Å². The quantitative estimate of drug-likeness (QED) is 0.918. The lowest BCUT2D eigenvalue weighted by Gasteiger charge is -2.07. The van der Waals surface area contributed by atoms with Crippen LogP contribution >= 0.6 is 15.9 Å². The Hall–Kier alpha value is -1.42. The topological polar surface area (TPSA) is 50.2 Å². The van der Waals surface area contributed by atoms with Gasteiger partial charge in [-0.05, 0) is 24.1 Å². The number of aromatic carboxylic acids is 1. The van der Waals surface area contributed by atoms with Gasteiger partial charge in [-0.25, -0.2) is 4.79 Å². The predicted octanol–water partition coefficient (Wildman–Crippen LogP) is 3.26. The fourth-order valence-electron chi connectivity index (χ4n) is 1.73. The highest BCUT2D eigenvalue weighted by Gasteiger charge is 2.14. The Morgan fingerprint density at radius 1 is 1.50 bits per heavy atom. The van der Waals surface area contributed by atoms with Gasteiger partial charge in [0.15, 0.2) is 0 Å². The summed E-state index contributed by atoms with van der Waals surface area (Å²) in [7, 11) is 0. The zero-order valence-electron chi connectivity index (χ0n) is 8.70. The second-order valence-electron chi connectivity index (χ2n) is 3.48. The van der Waals surface area contributed by atoms with Gasteiger partial charge in [0.2, 0.25) is 0 Å². The molecule has 1 heterocycles. The lowest BCUT2D eigenvalue weighted by atomic mass is 10.0. The van der Waals surface area contributed by atoms with Gasteiger partial charge in [-0.1, -0.05) is 28.9 Å². The second-order valence-corrected chi connectivity index (χ2v) is 4.39. The highest BCUT2D eigenvalue weighted by molar-refractivity contribution is 9.10. The number of pyridine rings is 1. The summed E-state index contributed by atoms with van der Waals surface area (Å²) in [6, 6.07) is 5.44. The molecule has 0 atom stereocenters. The van der Waals surface area contributed by atoms with Gasteiger partial charge in [-0.15, -0.1) is 0 Å². The monoisotopic (exact) mass is 279 g/mol. The number of fused-ring (bicyclic) bond motifs is 1. The number of halogens is 1. The summed E-state index contributed by atoms with van der Waals surface area (Å²) in [6.45, 7) is 1.92. The van der Waals surface area contributed by atoms with E-state index in [0.717, 1.165) is 10.0 Å². The third-order valence-electron chi connectivity index (χ3n) is 2.50. The summed E-state index contributed by atoms with van der Waals surface area (Å²) in [5.74, 6) is -0.897. The van der Waals surface area contributed by atoms with Crippen LogP contribution in [0.4, 0.5) is 0 Å². The maximum Gasteiger partial charge on any atom is 0.336 e. The average Bonchev–Trinajstić information content (AvgIpc) is 2.26. The van der Waals surface area contributed by atoms with Crippen molar-refractivity contribution in [3.8, 4) is 0 Å². The average molecular weight is 280 g/mol. The fourth-order valence-corrected chi connectivity index (χ4v) is 2.08. The molecule has 3 nitrogen and oxygen atoms in total. The van der Waals surface area contributed by atoms with Gasteiger partial charge in [-0.2, -0.15) is 0 Å². The number of benzene rings is 1. The van der Waals surface area contributed by atoms with Crippen LogP contribution in [0.2, 0.25) is 0 Å². The maximum atomic E-state index is 11.2. The number of hydrogen-bond acceptors (Lipinski definition) is 2. The van der Waals surface area contributed by atoms with Crippen molar-refractivity contribution in [3.05, 3.63) is 40.0 Å². The van der Waals surface area contributed by atoms with Crippen molar-refractivity contribution in [2.75, 3.05) is 0 Å². The number of aryl methyl sites for hydroxylation is 1. The van der Waals surface area contributed by atoms with Crippen LogP contribution in [0.5, 0.6) is 0 Å². The minimum absolute atomic E-state index is 0.361. The van der Waals surface area contributed by atoms with Crippen molar-refractivity contribution in [1.82, 2.24) is 4.98 Å². The van der Waals surface area contributed by atoms with E-state index in [0.29, 0.717) is 22.9 Å². The zero-order chi connectivity index (χ0) is 11.7. The Balaban J connectivity index is 2.84. The van der Waals surface area contributed by atoms with E-state index in [9.17, 15) is 9.90 Å². The third kappa shape index (κ3) is 1.80. The molecule has 2 aromatic rings. The molecule has 1 aromatic heterocycles. The van der Waals surface area contributed by atoms with Crippen LogP contribution in [0.1, 0.15) is 22.8 Å². The first-order valence-corrected chi connectivity index (χ1v) is 5.73. The SMILES string of the molecule is CCc1cnc2cc(Br)ccc2c1C(=O)O. The van der Waals surface area contributed by atoms with E-state index in [1.165, 1.54) is 0 Å². The summed E-state index contributed by atoms with van der Waals surface area (Å²) in [5.41, 5.74) is 1.83. The summed E-state index contributed by atoms with van der Waals surface area (Å²) in [6.07, 6.45) is 2.30. The number of nitrogens with zero attached hydrogens (tertiary/aromatic N) is 1. The molecule has 0 amide bonds. The Bertz CT molecular complexity index is 566. The van der Waals surface area contributed by atoms with Crippen molar-refractivity contribution < 1.29 is 9.90 Å². The number of aromatic nitrogens is 1. The van der Waals surface area contributed by atoms with E-state index in [1.807, 2.05) is 19.1 Å². The first kappa shape index (κ1) is 11.1. The van der Waals surface area contributed by atoms with E-state index in [-0.39, 0.29) is 0 Å². The third-order valence-corrected chi connectivity index (χ3v) is 3.00. The molecular formula is C12H10BrNO2. The van der Waals surface area contributed by atoms with Gasteiger partial charge in [0, 0.05) is 16.1 Å².